The maximum Gasteiger partial charge on any atom is 0.209 e. The zero-order valence-corrected chi connectivity index (χ0v) is 7.54. The molecule has 0 aromatic heterocycles. The van der Waals surface area contributed by atoms with Crippen LogP contribution >= 0.6 is 0 Å². The molecule has 1 rings (SSSR count). The molecule has 1 atom stereocenters. The molecule has 0 spiro atoms. The van der Waals surface area contributed by atoms with Gasteiger partial charge in [-0.2, -0.15) is 0 Å². The van der Waals surface area contributed by atoms with E-state index in [9.17, 15) is 4.79 Å². The minimum Gasteiger partial charge on any atom is -0.342 e. The third-order valence-corrected chi connectivity index (χ3v) is 2.55. The van der Waals surface area contributed by atoms with Crippen molar-refractivity contribution in [3.63, 3.8) is 0 Å². The van der Waals surface area contributed by atoms with Crippen LogP contribution < -0.4 is 5.73 Å². The van der Waals surface area contributed by atoms with E-state index in [1.807, 2.05) is 4.90 Å². The third-order valence-electron chi connectivity index (χ3n) is 2.55. The molecule has 1 amide bonds. The second-order valence-corrected chi connectivity index (χ2v) is 3.42. The van der Waals surface area contributed by atoms with Crippen molar-refractivity contribution < 1.29 is 4.79 Å². The van der Waals surface area contributed by atoms with E-state index < -0.39 is 0 Å². The topological polar surface area (TPSA) is 46.3 Å². The Morgan fingerprint density at radius 1 is 1.50 bits per heavy atom. The quantitative estimate of drug-likeness (QED) is 0.632. The highest BCUT2D eigenvalue weighted by Gasteiger charge is 2.19. The molecule has 1 heterocycles. The summed E-state index contributed by atoms with van der Waals surface area (Å²) in [7, 11) is 0. The first-order valence-corrected chi connectivity index (χ1v) is 4.79. The van der Waals surface area contributed by atoms with Gasteiger partial charge in [0.05, 0.1) is 0 Å². The van der Waals surface area contributed by atoms with Gasteiger partial charge >= 0.3 is 0 Å². The van der Waals surface area contributed by atoms with Crippen LogP contribution in [0.3, 0.4) is 0 Å². The number of carbonyl (C=O) groups excluding carboxylic acids is 1. The van der Waals surface area contributed by atoms with Gasteiger partial charge in [0.15, 0.2) is 0 Å². The van der Waals surface area contributed by atoms with Gasteiger partial charge < -0.3 is 10.6 Å². The number of likely N-dealkylation sites (tertiary alicyclic amines) is 1. The molecular weight excluding hydrogens is 152 g/mol. The van der Waals surface area contributed by atoms with E-state index >= 15 is 0 Å². The fourth-order valence-electron chi connectivity index (χ4n) is 1.83. The van der Waals surface area contributed by atoms with Crippen LogP contribution in [0.15, 0.2) is 0 Å². The Hall–Kier alpha value is -0.570. The van der Waals surface area contributed by atoms with Crippen LogP contribution in [0, 0.1) is 0 Å². The molecule has 0 aromatic rings. The number of rotatable bonds is 4. The van der Waals surface area contributed by atoms with Gasteiger partial charge in [0.25, 0.3) is 0 Å². The van der Waals surface area contributed by atoms with E-state index in [2.05, 4.69) is 0 Å². The summed E-state index contributed by atoms with van der Waals surface area (Å²) in [6.07, 6.45) is 6.70. The van der Waals surface area contributed by atoms with E-state index in [4.69, 9.17) is 5.73 Å². The normalized spacial score (nSPS) is 24.1. The molecule has 0 radical (unpaired) electrons. The van der Waals surface area contributed by atoms with E-state index in [0.717, 1.165) is 38.8 Å². The average molecular weight is 170 g/mol. The van der Waals surface area contributed by atoms with Gasteiger partial charge in [-0.15, -0.1) is 0 Å². The van der Waals surface area contributed by atoms with E-state index in [0.29, 0.717) is 6.04 Å². The molecule has 2 N–H and O–H groups in total. The highest BCUT2D eigenvalue weighted by atomic mass is 16.1. The first kappa shape index (κ1) is 9.52. The molecule has 70 valence electrons. The van der Waals surface area contributed by atoms with Gasteiger partial charge in [-0.1, -0.05) is 0 Å². The summed E-state index contributed by atoms with van der Waals surface area (Å²) in [5.74, 6) is 0. The van der Waals surface area contributed by atoms with E-state index in [1.54, 1.807) is 0 Å². The van der Waals surface area contributed by atoms with Crippen molar-refractivity contribution in [2.45, 2.75) is 38.1 Å². The monoisotopic (exact) mass is 170 g/mol. The Kier molecular flexibility index (Phi) is 4.08. The van der Waals surface area contributed by atoms with Gasteiger partial charge in [0.2, 0.25) is 6.41 Å². The molecule has 3 heteroatoms. The summed E-state index contributed by atoms with van der Waals surface area (Å²) in [6, 6.07) is 0.472. The summed E-state index contributed by atoms with van der Waals surface area (Å²) in [5, 5.41) is 0. The Labute approximate surface area is 73.9 Å². The molecule has 3 nitrogen and oxygen atoms in total. The number of hydrogen-bond donors (Lipinski definition) is 1. The van der Waals surface area contributed by atoms with Gasteiger partial charge in [-0.25, -0.2) is 0 Å². The molecule has 1 aliphatic heterocycles. The highest BCUT2D eigenvalue weighted by Crippen LogP contribution is 2.18. The molecule has 1 unspecified atom stereocenters. The number of carbonyl (C=O) groups is 1. The van der Waals surface area contributed by atoms with Gasteiger partial charge in [-0.05, 0) is 38.6 Å². The fourth-order valence-corrected chi connectivity index (χ4v) is 1.83. The highest BCUT2D eigenvalue weighted by molar-refractivity contribution is 5.47. The lowest BCUT2D eigenvalue weighted by atomic mass is 9.99. The second-order valence-electron chi connectivity index (χ2n) is 3.42. The van der Waals surface area contributed by atoms with E-state index in [1.165, 1.54) is 12.8 Å². The lowest BCUT2D eigenvalue weighted by molar-refractivity contribution is -0.121. The zero-order valence-electron chi connectivity index (χ0n) is 7.54. The standard InChI is InChI=1S/C9H18N2O/c10-6-3-5-9-4-1-2-7-11(9)8-12/h8-9H,1-7,10H2. The summed E-state index contributed by atoms with van der Waals surface area (Å²) in [5.41, 5.74) is 5.43. The van der Waals surface area contributed by atoms with Crippen LogP contribution in [0.4, 0.5) is 0 Å². The third kappa shape index (κ3) is 2.48. The van der Waals surface area contributed by atoms with Crippen molar-refractivity contribution in [3.8, 4) is 0 Å². The number of nitrogens with two attached hydrogens (primary N) is 1. The molecular formula is C9H18N2O. The van der Waals surface area contributed by atoms with Crippen molar-refractivity contribution in [1.29, 1.82) is 0 Å². The SMILES string of the molecule is NCCCC1CCCCN1C=O. The second kappa shape index (κ2) is 5.14. The zero-order chi connectivity index (χ0) is 8.81. The van der Waals surface area contributed by atoms with Crippen LogP contribution in [0.25, 0.3) is 0 Å². The summed E-state index contributed by atoms with van der Waals surface area (Å²) >= 11 is 0. The smallest absolute Gasteiger partial charge is 0.209 e. The van der Waals surface area contributed by atoms with Gasteiger partial charge in [-0.3, -0.25) is 4.79 Å². The first-order valence-electron chi connectivity index (χ1n) is 4.79. The lowest BCUT2D eigenvalue weighted by Crippen LogP contribution is -2.38. The number of nitrogens with zero attached hydrogens (tertiary/aromatic N) is 1. The van der Waals surface area contributed by atoms with Gasteiger partial charge in [0, 0.05) is 12.6 Å². The van der Waals surface area contributed by atoms with Crippen LogP contribution in [0.2, 0.25) is 0 Å². The largest absolute Gasteiger partial charge is 0.342 e. The molecule has 0 aromatic carbocycles. The molecule has 1 saturated heterocycles. The molecule has 12 heavy (non-hydrogen) atoms. The Morgan fingerprint density at radius 3 is 3.00 bits per heavy atom. The fraction of sp³-hybridized carbons (Fsp3) is 0.889. The summed E-state index contributed by atoms with van der Waals surface area (Å²) in [6.45, 7) is 1.68. The van der Waals surface area contributed by atoms with Crippen molar-refractivity contribution in [3.05, 3.63) is 0 Å². The minimum absolute atomic E-state index is 0.472. The molecule has 0 aliphatic carbocycles. The predicted octanol–water partition coefficient (Wildman–Crippen LogP) is 0.736. The van der Waals surface area contributed by atoms with Crippen LogP contribution in [-0.2, 0) is 4.79 Å². The molecule has 1 fully saturated rings. The van der Waals surface area contributed by atoms with Crippen LogP contribution in [-0.4, -0.2) is 30.4 Å². The van der Waals surface area contributed by atoms with Crippen molar-refractivity contribution in [1.82, 2.24) is 4.90 Å². The molecule has 0 bridgehead atoms. The van der Waals surface area contributed by atoms with Gasteiger partial charge in [0.1, 0.15) is 0 Å². The molecule has 1 aliphatic rings. The number of amides is 1. The summed E-state index contributed by atoms with van der Waals surface area (Å²) in [4.78, 5) is 12.6. The minimum atomic E-state index is 0.472. The first-order chi connectivity index (χ1) is 5.88. The van der Waals surface area contributed by atoms with Crippen molar-refractivity contribution >= 4 is 6.41 Å². The lowest BCUT2D eigenvalue weighted by Gasteiger charge is -2.32. The molecule has 0 saturated carbocycles. The predicted molar refractivity (Wildman–Crippen MR) is 48.7 cm³/mol. The number of hydrogen-bond acceptors (Lipinski definition) is 2. The maximum atomic E-state index is 10.6. The summed E-state index contributed by atoms with van der Waals surface area (Å²) < 4.78 is 0. The van der Waals surface area contributed by atoms with Crippen molar-refractivity contribution in [2.75, 3.05) is 13.1 Å². The van der Waals surface area contributed by atoms with Crippen LogP contribution in [0.5, 0.6) is 0 Å². The number of piperidine rings is 1. The van der Waals surface area contributed by atoms with Crippen molar-refractivity contribution in [2.24, 2.45) is 5.73 Å². The maximum absolute atomic E-state index is 10.6. The Bertz CT molecular complexity index is 138. The average Bonchev–Trinajstić information content (AvgIpc) is 2.15. The van der Waals surface area contributed by atoms with Crippen LogP contribution in [0.1, 0.15) is 32.1 Å². The van der Waals surface area contributed by atoms with E-state index in [-0.39, 0.29) is 0 Å². The Balaban J connectivity index is 2.31. The Morgan fingerprint density at radius 2 is 2.33 bits per heavy atom.